The summed E-state index contributed by atoms with van der Waals surface area (Å²) in [4.78, 5) is 11.8. The largest absolute Gasteiger partial charge is 0.367 e. The van der Waals surface area contributed by atoms with Gasteiger partial charge in [-0.2, -0.15) is 0 Å². The molecule has 0 fully saturated rings. The van der Waals surface area contributed by atoms with Crippen molar-refractivity contribution in [3.05, 3.63) is 30.3 Å². The van der Waals surface area contributed by atoms with Crippen LogP contribution in [0.15, 0.2) is 30.3 Å². The molecule has 4 heteroatoms. The lowest BCUT2D eigenvalue weighted by Gasteiger charge is -2.13. The molecule has 0 heterocycles. The number of carbonyl (C=O) groups is 1. The van der Waals surface area contributed by atoms with Crippen molar-refractivity contribution in [2.24, 2.45) is 0 Å². The number of amides is 1. The van der Waals surface area contributed by atoms with E-state index in [-0.39, 0.29) is 5.91 Å². The fourth-order valence-corrected chi connectivity index (χ4v) is 1.45. The maximum Gasteiger partial charge on any atom is 0.253 e. The summed E-state index contributed by atoms with van der Waals surface area (Å²) in [7, 11) is 0. The zero-order valence-corrected chi connectivity index (χ0v) is 11.1. The van der Waals surface area contributed by atoms with E-state index in [1.165, 1.54) is 0 Å². The van der Waals surface area contributed by atoms with Crippen molar-refractivity contribution >= 4 is 11.6 Å². The standard InChI is InChI=1S/C14H22N2O2/c1-3-9-15-10-11-18-12(2)14(17)16-13-7-5-4-6-8-13/h4-8,12,15H,3,9-11H2,1-2H3,(H,16,17). The van der Waals surface area contributed by atoms with Gasteiger partial charge in [-0.1, -0.05) is 25.1 Å². The second-order valence-corrected chi connectivity index (χ2v) is 4.12. The molecule has 0 saturated carbocycles. The molecule has 0 aliphatic carbocycles. The molecule has 1 aromatic carbocycles. The Hall–Kier alpha value is -1.39. The Morgan fingerprint density at radius 1 is 1.28 bits per heavy atom. The van der Waals surface area contributed by atoms with E-state index in [0.29, 0.717) is 6.61 Å². The lowest BCUT2D eigenvalue weighted by Crippen LogP contribution is -2.30. The Kier molecular flexibility index (Phi) is 7.06. The van der Waals surface area contributed by atoms with E-state index in [4.69, 9.17) is 4.74 Å². The summed E-state index contributed by atoms with van der Waals surface area (Å²) in [5.41, 5.74) is 0.794. The van der Waals surface area contributed by atoms with Crippen LogP contribution in [0.2, 0.25) is 0 Å². The third-order valence-electron chi connectivity index (χ3n) is 2.48. The number of anilines is 1. The highest BCUT2D eigenvalue weighted by atomic mass is 16.5. The number of para-hydroxylation sites is 1. The van der Waals surface area contributed by atoms with Gasteiger partial charge in [0, 0.05) is 12.2 Å². The van der Waals surface area contributed by atoms with Crippen LogP contribution in [0, 0.1) is 0 Å². The van der Waals surface area contributed by atoms with Gasteiger partial charge in [0.2, 0.25) is 0 Å². The Balaban J connectivity index is 2.21. The summed E-state index contributed by atoms with van der Waals surface area (Å²) in [6, 6.07) is 9.39. The summed E-state index contributed by atoms with van der Waals surface area (Å²) < 4.78 is 5.45. The van der Waals surface area contributed by atoms with Crippen LogP contribution in [0.1, 0.15) is 20.3 Å². The van der Waals surface area contributed by atoms with Crippen molar-refractivity contribution in [2.45, 2.75) is 26.4 Å². The number of carbonyl (C=O) groups excluding carboxylic acids is 1. The fourth-order valence-electron chi connectivity index (χ4n) is 1.45. The van der Waals surface area contributed by atoms with Gasteiger partial charge in [0.25, 0.3) is 5.91 Å². The summed E-state index contributed by atoms with van der Waals surface area (Å²) in [5, 5.41) is 6.03. The number of hydrogen-bond acceptors (Lipinski definition) is 3. The number of benzene rings is 1. The first-order valence-electron chi connectivity index (χ1n) is 6.42. The topological polar surface area (TPSA) is 50.4 Å². The smallest absolute Gasteiger partial charge is 0.253 e. The van der Waals surface area contributed by atoms with Crippen molar-refractivity contribution in [2.75, 3.05) is 25.0 Å². The third kappa shape index (κ3) is 5.80. The Morgan fingerprint density at radius 3 is 2.67 bits per heavy atom. The van der Waals surface area contributed by atoms with E-state index in [1.54, 1.807) is 6.92 Å². The van der Waals surface area contributed by atoms with Gasteiger partial charge in [-0.15, -0.1) is 0 Å². The molecular formula is C14H22N2O2. The molecule has 1 rings (SSSR count). The normalized spacial score (nSPS) is 12.1. The van der Waals surface area contributed by atoms with E-state index >= 15 is 0 Å². The second kappa shape index (κ2) is 8.66. The van der Waals surface area contributed by atoms with Crippen LogP contribution in [0.5, 0.6) is 0 Å². The average Bonchev–Trinajstić information content (AvgIpc) is 2.39. The number of nitrogens with one attached hydrogen (secondary N) is 2. The molecule has 18 heavy (non-hydrogen) atoms. The molecule has 1 unspecified atom stereocenters. The quantitative estimate of drug-likeness (QED) is 0.694. The van der Waals surface area contributed by atoms with Gasteiger partial charge in [0.1, 0.15) is 6.10 Å². The summed E-state index contributed by atoms with van der Waals surface area (Å²) in [6.07, 6.45) is 0.665. The average molecular weight is 250 g/mol. The van der Waals surface area contributed by atoms with Crippen molar-refractivity contribution in [3.63, 3.8) is 0 Å². The van der Waals surface area contributed by atoms with Gasteiger partial charge in [-0.05, 0) is 32.0 Å². The molecule has 0 aromatic heterocycles. The predicted molar refractivity (Wildman–Crippen MR) is 73.6 cm³/mol. The molecule has 1 aromatic rings. The summed E-state index contributed by atoms with van der Waals surface area (Å²) in [5.74, 6) is -0.114. The van der Waals surface area contributed by atoms with Crippen LogP contribution in [0.25, 0.3) is 0 Å². The highest BCUT2D eigenvalue weighted by Crippen LogP contribution is 2.06. The molecule has 100 valence electrons. The number of hydrogen-bond donors (Lipinski definition) is 2. The number of rotatable bonds is 8. The van der Waals surface area contributed by atoms with Gasteiger partial charge in [-0.25, -0.2) is 0 Å². The zero-order chi connectivity index (χ0) is 13.2. The van der Waals surface area contributed by atoms with E-state index in [1.807, 2.05) is 30.3 Å². The molecule has 0 saturated heterocycles. The van der Waals surface area contributed by atoms with Crippen molar-refractivity contribution in [1.82, 2.24) is 5.32 Å². The SMILES string of the molecule is CCCNCCOC(C)C(=O)Nc1ccccc1. The predicted octanol–water partition coefficient (Wildman–Crippen LogP) is 2.03. The molecule has 0 aliphatic rings. The molecule has 0 bridgehead atoms. The number of ether oxygens (including phenoxy) is 1. The molecule has 0 spiro atoms. The van der Waals surface area contributed by atoms with Crippen molar-refractivity contribution < 1.29 is 9.53 Å². The lowest BCUT2D eigenvalue weighted by molar-refractivity contribution is -0.126. The maximum atomic E-state index is 11.8. The summed E-state index contributed by atoms with van der Waals surface area (Å²) >= 11 is 0. The monoisotopic (exact) mass is 250 g/mol. The van der Waals surface area contributed by atoms with Crippen LogP contribution in [0.4, 0.5) is 5.69 Å². The Labute approximate surface area is 109 Å². The van der Waals surface area contributed by atoms with Crippen molar-refractivity contribution in [3.8, 4) is 0 Å². The van der Waals surface area contributed by atoms with Gasteiger partial charge >= 0.3 is 0 Å². The second-order valence-electron chi connectivity index (χ2n) is 4.12. The molecule has 0 radical (unpaired) electrons. The molecule has 0 aliphatic heterocycles. The van der Waals surface area contributed by atoms with Crippen LogP contribution in [-0.4, -0.2) is 31.7 Å². The maximum absolute atomic E-state index is 11.8. The van der Waals surface area contributed by atoms with E-state index in [9.17, 15) is 4.79 Å². The fraction of sp³-hybridized carbons (Fsp3) is 0.500. The first-order chi connectivity index (χ1) is 8.74. The van der Waals surface area contributed by atoms with Crippen LogP contribution < -0.4 is 10.6 Å². The molecule has 1 atom stereocenters. The third-order valence-corrected chi connectivity index (χ3v) is 2.48. The molecule has 1 amide bonds. The minimum atomic E-state index is -0.436. The van der Waals surface area contributed by atoms with Crippen LogP contribution >= 0.6 is 0 Å². The summed E-state index contributed by atoms with van der Waals surface area (Å²) in [6.45, 7) is 6.18. The van der Waals surface area contributed by atoms with E-state index in [0.717, 1.165) is 25.2 Å². The van der Waals surface area contributed by atoms with Crippen LogP contribution in [-0.2, 0) is 9.53 Å². The Morgan fingerprint density at radius 2 is 2.00 bits per heavy atom. The van der Waals surface area contributed by atoms with Crippen LogP contribution in [0.3, 0.4) is 0 Å². The molecular weight excluding hydrogens is 228 g/mol. The first kappa shape index (κ1) is 14.7. The van der Waals surface area contributed by atoms with Gasteiger partial charge in [-0.3, -0.25) is 4.79 Å². The first-order valence-corrected chi connectivity index (χ1v) is 6.42. The van der Waals surface area contributed by atoms with Gasteiger partial charge in [0.05, 0.1) is 6.61 Å². The molecule has 4 nitrogen and oxygen atoms in total. The minimum Gasteiger partial charge on any atom is -0.367 e. The Bertz CT molecular complexity index is 341. The molecule has 2 N–H and O–H groups in total. The van der Waals surface area contributed by atoms with Gasteiger partial charge in [0.15, 0.2) is 0 Å². The highest BCUT2D eigenvalue weighted by Gasteiger charge is 2.12. The lowest BCUT2D eigenvalue weighted by atomic mass is 10.3. The van der Waals surface area contributed by atoms with E-state index in [2.05, 4.69) is 17.6 Å². The highest BCUT2D eigenvalue weighted by molar-refractivity contribution is 5.93. The van der Waals surface area contributed by atoms with E-state index < -0.39 is 6.10 Å². The zero-order valence-electron chi connectivity index (χ0n) is 11.1. The van der Waals surface area contributed by atoms with Crippen molar-refractivity contribution in [1.29, 1.82) is 0 Å². The van der Waals surface area contributed by atoms with Gasteiger partial charge < -0.3 is 15.4 Å². The minimum absolute atomic E-state index is 0.114.